The largest absolute Gasteiger partial charge is 0.449 e. The van der Waals surface area contributed by atoms with E-state index in [2.05, 4.69) is 8.37 Å². The zero-order valence-corrected chi connectivity index (χ0v) is 17.3. The van der Waals surface area contributed by atoms with E-state index in [1.165, 1.54) is 24.3 Å². The van der Waals surface area contributed by atoms with Crippen molar-refractivity contribution in [1.82, 2.24) is 0 Å². The fraction of sp³-hybridized carbons (Fsp3) is 0.333. The van der Waals surface area contributed by atoms with Gasteiger partial charge in [-0.3, -0.25) is 0 Å². The SMILES string of the molecule is CCOS(=O)(=O)Oc1ccc(C(C)c2ccc(OS(=O)(=O)OCC)cc2)cc1. The van der Waals surface area contributed by atoms with E-state index in [-0.39, 0.29) is 30.6 Å². The lowest BCUT2D eigenvalue weighted by atomic mass is 9.93. The Kier molecular flexibility index (Phi) is 7.41. The van der Waals surface area contributed by atoms with Gasteiger partial charge in [0.25, 0.3) is 0 Å². The Morgan fingerprint density at radius 2 is 1.00 bits per heavy atom. The topological polar surface area (TPSA) is 105 Å². The third kappa shape index (κ3) is 6.48. The van der Waals surface area contributed by atoms with Crippen molar-refractivity contribution in [2.75, 3.05) is 13.2 Å². The molecule has 0 aromatic heterocycles. The highest BCUT2D eigenvalue weighted by Gasteiger charge is 2.15. The molecule has 2 rings (SSSR count). The maximum atomic E-state index is 11.5. The number of benzene rings is 2. The molecule has 0 amide bonds. The second-order valence-corrected chi connectivity index (χ2v) is 8.09. The van der Waals surface area contributed by atoms with Gasteiger partial charge in [0, 0.05) is 5.92 Å². The Bertz CT molecular complexity index is 884. The quantitative estimate of drug-likeness (QED) is 0.566. The van der Waals surface area contributed by atoms with Crippen molar-refractivity contribution < 1.29 is 33.6 Å². The monoisotopic (exact) mass is 430 g/mol. The van der Waals surface area contributed by atoms with Gasteiger partial charge in [-0.15, -0.1) is 0 Å². The van der Waals surface area contributed by atoms with Gasteiger partial charge in [-0.2, -0.15) is 16.8 Å². The molecule has 0 bridgehead atoms. The van der Waals surface area contributed by atoms with Crippen molar-refractivity contribution in [2.45, 2.75) is 26.7 Å². The summed E-state index contributed by atoms with van der Waals surface area (Å²) in [6, 6.07) is 13.1. The van der Waals surface area contributed by atoms with Crippen LogP contribution in [0.4, 0.5) is 0 Å². The lowest BCUT2D eigenvalue weighted by Crippen LogP contribution is -2.13. The molecule has 0 saturated heterocycles. The first kappa shape index (κ1) is 22.2. The van der Waals surface area contributed by atoms with Crippen LogP contribution in [0.5, 0.6) is 11.5 Å². The molecule has 0 N–H and O–H groups in total. The second kappa shape index (κ2) is 9.37. The highest BCUT2D eigenvalue weighted by Crippen LogP contribution is 2.28. The number of rotatable bonds is 10. The van der Waals surface area contributed by atoms with Crippen molar-refractivity contribution in [3.63, 3.8) is 0 Å². The smallest absolute Gasteiger partial charge is 0.362 e. The molecule has 0 saturated carbocycles. The zero-order chi connectivity index (χ0) is 20.8. The molecule has 8 nitrogen and oxygen atoms in total. The van der Waals surface area contributed by atoms with Gasteiger partial charge in [0.05, 0.1) is 13.2 Å². The normalized spacial score (nSPS) is 12.1. The van der Waals surface area contributed by atoms with Crippen LogP contribution in [0.3, 0.4) is 0 Å². The van der Waals surface area contributed by atoms with E-state index >= 15 is 0 Å². The second-order valence-electron chi connectivity index (χ2n) is 5.66. The average Bonchev–Trinajstić information content (AvgIpc) is 2.61. The molecule has 0 aliphatic rings. The van der Waals surface area contributed by atoms with E-state index in [4.69, 9.17) is 8.37 Å². The molecule has 0 aliphatic heterocycles. The van der Waals surface area contributed by atoms with Gasteiger partial charge < -0.3 is 8.37 Å². The van der Waals surface area contributed by atoms with Crippen molar-refractivity contribution in [1.29, 1.82) is 0 Å². The summed E-state index contributed by atoms with van der Waals surface area (Å²) >= 11 is 0. The van der Waals surface area contributed by atoms with Crippen LogP contribution >= 0.6 is 0 Å². The number of hydrogen-bond acceptors (Lipinski definition) is 8. The van der Waals surface area contributed by atoms with Gasteiger partial charge in [-0.05, 0) is 49.2 Å². The minimum Gasteiger partial charge on any atom is -0.362 e. The van der Waals surface area contributed by atoms with Crippen LogP contribution in [0.1, 0.15) is 37.8 Å². The Hall–Kier alpha value is -2.14. The van der Waals surface area contributed by atoms with Gasteiger partial charge in [-0.1, -0.05) is 31.2 Å². The molecule has 0 unspecified atom stereocenters. The van der Waals surface area contributed by atoms with E-state index < -0.39 is 20.8 Å². The maximum Gasteiger partial charge on any atom is 0.449 e. The minimum atomic E-state index is -4.07. The highest BCUT2D eigenvalue weighted by atomic mass is 32.3. The summed E-state index contributed by atoms with van der Waals surface area (Å²) in [5.41, 5.74) is 1.83. The third-order valence-electron chi connectivity index (χ3n) is 3.68. The summed E-state index contributed by atoms with van der Waals surface area (Å²) in [5, 5.41) is 0. The van der Waals surface area contributed by atoms with E-state index in [9.17, 15) is 16.8 Å². The van der Waals surface area contributed by atoms with Gasteiger partial charge in [0.2, 0.25) is 0 Å². The zero-order valence-electron chi connectivity index (χ0n) is 15.7. The molecular weight excluding hydrogens is 408 g/mol. The number of hydrogen-bond donors (Lipinski definition) is 0. The summed E-state index contributed by atoms with van der Waals surface area (Å²) in [7, 11) is -8.13. The van der Waals surface area contributed by atoms with E-state index in [1.54, 1.807) is 38.1 Å². The van der Waals surface area contributed by atoms with Gasteiger partial charge >= 0.3 is 20.8 Å². The Morgan fingerprint density at radius 1 is 0.679 bits per heavy atom. The molecule has 0 spiro atoms. The van der Waals surface area contributed by atoms with Gasteiger partial charge in [-0.25, -0.2) is 8.37 Å². The predicted molar refractivity (Wildman–Crippen MR) is 103 cm³/mol. The first-order valence-electron chi connectivity index (χ1n) is 8.53. The van der Waals surface area contributed by atoms with Crippen LogP contribution in [0.15, 0.2) is 48.5 Å². The standard InChI is InChI=1S/C18H22O8S2/c1-4-23-27(19,20)25-17-10-6-15(7-11-17)14(3)16-8-12-18(13-9-16)26-28(21,22)24-5-2/h6-14H,4-5H2,1-3H3. The Morgan fingerprint density at radius 3 is 1.29 bits per heavy atom. The average molecular weight is 431 g/mol. The summed E-state index contributed by atoms with van der Waals surface area (Å²) in [4.78, 5) is 0. The first-order chi connectivity index (χ1) is 13.2. The third-order valence-corrected chi connectivity index (χ3v) is 5.52. The Labute approximate surface area is 165 Å². The highest BCUT2D eigenvalue weighted by molar-refractivity contribution is 7.82. The van der Waals surface area contributed by atoms with Crippen molar-refractivity contribution in [2.24, 2.45) is 0 Å². The summed E-state index contributed by atoms with van der Waals surface area (Å²) in [6.07, 6.45) is 0. The van der Waals surface area contributed by atoms with E-state index in [0.717, 1.165) is 11.1 Å². The van der Waals surface area contributed by atoms with Gasteiger partial charge in [0.15, 0.2) is 0 Å². The first-order valence-corrected chi connectivity index (χ1v) is 11.2. The van der Waals surface area contributed by atoms with Crippen molar-refractivity contribution in [3.8, 4) is 11.5 Å². The van der Waals surface area contributed by atoms with Crippen LogP contribution in [0, 0.1) is 0 Å². The molecule has 0 fully saturated rings. The fourth-order valence-electron chi connectivity index (χ4n) is 2.39. The molecule has 0 heterocycles. The van der Waals surface area contributed by atoms with Crippen molar-refractivity contribution >= 4 is 20.8 Å². The van der Waals surface area contributed by atoms with Crippen LogP contribution in [0.25, 0.3) is 0 Å². The molecule has 0 aliphatic carbocycles. The predicted octanol–water partition coefficient (Wildman–Crippen LogP) is 3.16. The van der Waals surface area contributed by atoms with Crippen LogP contribution in [-0.2, 0) is 29.2 Å². The van der Waals surface area contributed by atoms with Gasteiger partial charge in [0.1, 0.15) is 11.5 Å². The minimum absolute atomic E-state index is 0.0109. The van der Waals surface area contributed by atoms with E-state index in [1.807, 2.05) is 6.92 Å². The molecule has 10 heteroatoms. The van der Waals surface area contributed by atoms with Crippen molar-refractivity contribution in [3.05, 3.63) is 59.7 Å². The molecule has 0 atom stereocenters. The van der Waals surface area contributed by atoms with Crippen LogP contribution in [0.2, 0.25) is 0 Å². The molecule has 154 valence electrons. The van der Waals surface area contributed by atoms with E-state index in [0.29, 0.717) is 0 Å². The lowest BCUT2D eigenvalue weighted by molar-refractivity contribution is 0.286. The summed E-state index contributed by atoms with van der Waals surface area (Å²) in [5.74, 6) is 0.263. The maximum absolute atomic E-state index is 11.5. The van der Waals surface area contributed by atoms with Crippen LogP contribution in [-0.4, -0.2) is 30.0 Å². The lowest BCUT2D eigenvalue weighted by Gasteiger charge is -2.14. The molecular formula is C18H22O8S2. The fourth-order valence-corrected chi connectivity index (χ4v) is 3.76. The summed E-state index contributed by atoms with van der Waals surface area (Å²) in [6.45, 7) is 5.04. The molecule has 2 aromatic rings. The molecule has 28 heavy (non-hydrogen) atoms. The summed E-state index contributed by atoms with van der Waals surface area (Å²) < 4.78 is 64.7. The Balaban J connectivity index is 2.08. The van der Waals surface area contributed by atoms with Crippen LogP contribution < -0.4 is 8.37 Å². The molecule has 0 radical (unpaired) electrons. The molecule has 2 aromatic carbocycles.